The second-order valence-electron chi connectivity index (χ2n) is 4.77. The number of nitrogens with one attached hydrogen (secondary N) is 1. The van der Waals surface area contributed by atoms with Crippen LogP contribution < -0.4 is 11.1 Å². The molecule has 4 nitrogen and oxygen atoms in total. The molecule has 0 bridgehead atoms. The molecule has 0 aromatic heterocycles. The Kier molecular flexibility index (Phi) is 8.21. The molecule has 0 aromatic carbocycles. The Hall–Kier alpha value is -0.610. The highest BCUT2D eigenvalue weighted by Gasteiger charge is 2.18. The molecule has 0 rings (SSSR count). The maximum absolute atomic E-state index is 11.7. The number of unbranched alkanes of at least 4 members (excludes halogenated alkanes) is 1. The lowest BCUT2D eigenvalue weighted by Crippen LogP contribution is -2.47. The predicted octanol–water partition coefficient (Wildman–Crippen LogP) is 1.03. The summed E-state index contributed by atoms with van der Waals surface area (Å²) < 4.78 is 0. The summed E-state index contributed by atoms with van der Waals surface area (Å²) in [5.41, 5.74) is 5.76. The Bertz CT molecular complexity index is 195. The first kappa shape index (κ1) is 15.4. The molecule has 0 saturated carbocycles. The molecule has 16 heavy (non-hydrogen) atoms. The van der Waals surface area contributed by atoms with Crippen LogP contribution in [0, 0.1) is 5.92 Å². The smallest absolute Gasteiger partial charge is 0.237 e. The van der Waals surface area contributed by atoms with Crippen LogP contribution in [0.15, 0.2) is 0 Å². The summed E-state index contributed by atoms with van der Waals surface area (Å²) in [4.78, 5) is 11.7. The van der Waals surface area contributed by atoms with Crippen LogP contribution in [0.1, 0.15) is 46.5 Å². The minimum Gasteiger partial charge on any atom is -0.394 e. The van der Waals surface area contributed by atoms with Gasteiger partial charge in [-0.25, -0.2) is 0 Å². The number of hydrogen-bond donors (Lipinski definition) is 3. The van der Waals surface area contributed by atoms with Gasteiger partial charge in [0.05, 0.1) is 18.7 Å². The fourth-order valence-corrected chi connectivity index (χ4v) is 1.58. The maximum Gasteiger partial charge on any atom is 0.237 e. The van der Waals surface area contributed by atoms with E-state index in [1.54, 1.807) is 0 Å². The molecule has 96 valence electrons. The Morgan fingerprint density at radius 3 is 2.50 bits per heavy atom. The average Bonchev–Trinajstić information content (AvgIpc) is 2.22. The summed E-state index contributed by atoms with van der Waals surface area (Å²) in [5, 5.41) is 11.9. The molecule has 0 fully saturated rings. The zero-order valence-electron chi connectivity index (χ0n) is 10.7. The number of amides is 1. The average molecular weight is 230 g/mol. The summed E-state index contributed by atoms with van der Waals surface area (Å²) in [7, 11) is 0. The fraction of sp³-hybridized carbons (Fsp3) is 0.917. The van der Waals surface area contributed by atoms with E-state index in [2.05, 4.69) is 12.2 Å². The lowest BCUT2D eigenvalue weighted by Gasteiger charge is -2.19. The summed E-state index contributed by atoms with van der Waals surface area (Å²) in [6.07, 6.45) is 3.56. The van der Waals surface area contributed by atoms with Crippen molar-refractivity contribution in [1.82, 2.24) is 5.32 Å². The van der Waals surface area contributed by atoms with Gasteiger partial charge in [0.15, 0.2) is 0 Å². The molecular formula is C12H26N2O2. The van der Waals surface area contributed by atoms with Crippen LogP contribution in [-0.2, 0) is 4.79 Å². The van der Waals surface area contributed by atoms with E-state index in [9.17, 15) is 4.79 Å². The molecule has 2 atom stereocenters. The van der Waals surface area contributed by atoms with Gasteiger partial charge in [-0.05, 0) is 18.8 Å². The van der Waals surface area contributed by atoms with Crippen molar-refractivity contribution in [3.8, 4) is 0 Å². The molecule has 4 heteroatoms. The molecule has 0 aliphatic carbocycles. The minimum absolute atomic E-state index is 0.0138. The van der Waals surface area contributed by atoms with E-state index in [1.165, 1.54) is 0 Å². The number of carbonyl (C=O) groups is 1. The van der Waals surface area contributed by atoms with Crippen molar-refractivity contribution >= 4 is 5.91 Å². The Labute approximate surface area is 98.6 Å². The van der Waals surface area contributed by atoms with E-state index < -0.39 is 6.04 Å². The maximum atomic E-state index is 11.7. The first-order valence-corrected chi connectivity index (χ1v) is 6.18. The topological polar surface area (TPSA) is 75.3 Å². The third-order valence-corrected chi connectivity index (χ3v) is 2.54. The Morgan fingerprint density at radius 1 is 1.44 bits per heavy atom. The molecule has 1 amide bonds. The number of aliphatic hydroxyl groups excluding tert-OH is 1. The van der Waals surface area contributed by atoms with Crippen molar-refractivity contribution in [3.63, 3.8) is 0 Å². The normalized spacial score (nSPS) is 14.9. The van der Waals surface area contributed by atoms with Crippen molar-refractivity contribution in [1.29, 1.82) is 0 Å². The van der Waals surface area contributed by atoms with Crippen molar-refractivity contribution < 1.29 is 9.90 Å². The van der Waals surface area contributed by atoms with Crippen LogP contribution in [0.5, 0.6) is 0 Å². The second-order valence-corrected chi connectivity index (χ2v) is 4.77. The zero-order valence-corrected chi connectivity index (χ0v) is 10.7. The SMILES string of the molecule is CCCCC(CO)NC(=O)[C@@H](N)CC(C)C. The van der Waals surface area contributed by atoms with Crippen molar-refractivity contribution in [3.05, 3.63) is 0 Å². The van der Waals surface area contributed by atoms with Gasteiger partial charge in [-0.2, -0.15) is 0 Å². The third-order valence-electron chi connectivity index (χ3n) is 2.54. The van der Waals surface area contributed by atoms with Crippen LogP contribution in [0.25, 0.3) is 0 Å². The van der Waals surface area contributed by atoms with Gasteiger partial charge in [-0.3, -0.25) is 4.79 Å². The third kappa shape index (κ3) is 6.80. The summed E-state index contributed by atoms with van der Waals surface area (Å²) in [6.45, 7) is 6.14. The molecule has 4 N–H and O–H groups in total. The standard InChI is InChI=1S/C12H26N2O2/c1-4-5-6-10(8-15)14-12(16)11(13)7-9(2)3/h9-11,15H,4-8,13H2,1-3H3,(H,14,16)/t10?,11-/m0/s1. The molecular weight excluding hydrogens is 204 g/mol. The number of hydrogen-bond acceptors (Lipinski definition) is 3. The number of nitrogens with two attached hydrogens (primary N) is 1. The predicted molar refractivity (Wildman–Crippen MR) is 66.0 cm³/mol. The van der Waals surface area contributed by atoms with E-state index in [4.69, 9.17) is 10.8 Å². The van der Waals surface area contributed by atoms with E-state index in [0.717, 1.165) is 19.3 Å². The molecule has 0 aliphatic heterocycles. The Morgan fingerprint density at radius 2 is 2.06 bits per heavy atom. The van der Waals surface area contributed by atoms with E-state index >= 15 is 0 Å². The van der Waals surface area contributed by atoms with E-state index in [1.807, 2.05) is 13.8 Å². The van der Waals surface area contributed by atoms with Gasteiger partial charge in [-0.15, -0.1) is 0 Å². The van der Waals surface area contributed by atoms with Crippen LogP contribution in [0.4, 0.5) is 0 Å². The van der Waals surface area contributed by atoms with Gasteiger partial charge in [-0.1, -0.05) is 33.6 Å². The summed E-state index contributed by atoms with van der Waals surface area (Å²) in [5.74, 6) is 0.257. The minimum atomic E-state index is -0.462. The molecule has 0 spiro atoms. The Balaban J connectivity index is 3.98. The lowest BCUT2D eigenvalue weighted by molar-refractivity contribution is -0.123. The van der Waals surface area contributed by atoms with Crippen molar-refractivity contribution in [2.24, 2.45) is 11.7 Å². The number of rotatable bonds is 8. The zero-order chi connectivity index (χ0) is 12.6. The molecule has 0 aromatic rings. The van der Waals surface area contributed by atoms with Crippen LogP contribution in [0.2, 0.25) is 0 Å². The number of carbonyl (C=O) groups excluding carboxylic acids is 1. The lowest BCUT2D eigenvalue weighted by atomic mass is 10.0. The monoisotopic (exact) mass is 230 g/mol. The second kappa shape index (κ2) is 8.53. The largest absolute Gasteiger partial charge is 0.394 e. The van der Waals surface area contributed by atoms with E-state index in [0.29, 0.717) is 12.3 Å². The van der Waals surface area contributed by atoms with Gasteiger partial charge >= 0.3 is 0 Å². The van der Waals surface area contributed by atoms with Gasteiger partial charge in [0.1, 0.15) is 0 Å². The number of aliphatic hydroxyl groups is 1. The van der Waals surface area contributed by atoms with Crippen LogP contribution in [0.3, 0.4) is 0 Å². The van der Waals surface area contributed by atoms with E-state index in [-0.39, 0.29) is 18.6 Å². The molecule has 0 radical (unpaired) electrons. The van der Waals surface area contributed by atoms with Gasteiger partial charge in [0.25, 0.3) is 0 Å². The summed E-state index contributed by atoms with van der Waals surface area (Å²) >= 11 is 0. The molecule has 0 heterocycles. The first-order chi connectivity index (χ1) is 7.51. The van der Waals surface area contributed by atoms with Gasteiger partial charge in [0.2, 0.25) is 5.91 Å². The molecule has 1 unspecified atom stereocenters. The van der Waals surface area contributed by atoms with Gasteiger partial charge < -0.3 is 16.2 Å². The van der Waals surface area contributed by atoms with Crippen LogP contribution >= 0.6 is 0 Å². The highest BCUT2D eigenvalue weighted by molar-refractivity contribution is 5.81. The quantitative estimate of drug-likeness (QED) is 0.583. The van der Waals surface area contributed by atoms with Crippen molar-refractivity contribution in [2.45, 2.75) is 58.5 Å². The highest BCUT2D eigenvalue weighted by Crippen LogP contribution is 2.04. The molecule has 0 aliphatic rings. The molecule has 0 saturated heterocycles. The fourth-order valence-electron chi connectivity index (χ4n) is 1.58. The summed E-state index contributed by atoms with van der Waals surface area (Å²) in [6, 6.07) is -0.610. The van der Waals surface area contributed by atoms with Crippen molar-refractivity contribution in [2.75, 3.05) is 6.61 Å². The van der Waals surface area contributed by atoms with Crippen LogP contribution in [-0.4, -0.2) is 29.7 Å². The highest BCUT2D eigenvalue weighted by atomic mass is 16.3. The first-order valence-electron chi connectivity index (χ1n) is 6.18. The van der Waals surface area contributed by atoms with Gasteiger partial charge in [0, 0.05) is 0 Å².